The Hall–Kier alpha value is -0.570. The predicted molar refractivity (Wildman–Crippen MR) is 36.5 cm³/mol. The second kappa shape index (κ2) is 2.35. The van der Waals surface area contributed by atoms with Gasteiger partial charge in [-0.3, -0.25) is 4.79 Å². The van der Waals surface area contributed by atoms with Crippen molar-refractivity contribution in [3.8, 4) is 0 Å². The highest BCUT2D eigenvalue weighted by Gasteiger charge is 2.02. The molecule has 0 saturated heterocycles. The molecule has 0 aromatic carbocycles. The van der Waals surface area contributed by atoms with E-state index in [0.717, 1.165) is 12.0 Å². The van der Waals surface area contributed by atoms with Gasteiger partial charge in [-0.15, -0.1) is 0 Å². The Morgan fingerprint density at radius 2 is 2.44 bits per heavy atom. The summed E-state index contributed by atoms with van der Waals surface area (Å²) in [6, 6.07) is 1.68. The van der Waals surface area contributed by atoms with Crippen LogP contribution >= 0.6 is 15.9 Å². The number of aldehydes is 1. The molecule has 0 atom stereocenters. The van der Waals surface area contributed by atoms with Crippen LogP contribution in [-0.2, 0) is 0 Å². The summed E-state index contributed by atoms with van der Waals surface area (Å²) in [7, 11) is 0. The molecule has 0 amide bonds. The van der Waals surface area contributed by atoms with Gasteiger partial charge in [0.15, 0.2) is 11.0 Å². The summed E-state index contributed by atoms with van der Waals surface area (Å²) in [6.07, 6.45) is 0.751. The van der Waals surface area contributed by atoms with Crippen LogP contribution < -0.4 is 0 Å². The summed E-state index contributed by atoms with van der Waals surface area (Å²) in [5, 5.41) is 0. The number of carbonyl (C=O) groups is 1. The Labute approximate surface area is 61.0 Å². The molecule has 1 aromatic rings. The Morgan fingerprint density at radius 1 is 1.78 bits per heavy atom. The normalized spacial score (nSPS) is 9.56. The minimum atomic E-state index is 0.509. The zero-order chi connectivity index (χ0) is 6.85. The fourth-order valence-corrected chi connectivity index (χ4v) is 1.05. The third-order valence-electron chi connectivity index (χ3n) is 0.963. The van der Waals surface area contributed by atoms with Crippen LogP contribution in [0.5, 0.6) is 0 Å². The van der Waals surface area contributed by atoms with Crippen molar-refractivity contribution >= 4 is 22.2 Å². The number of hydrogen-bond donors (Lipinski definition) is 0. The predicted octanol–water partition coefficient (Wildman–Crippen LogP) is 2.16. The second-order valence-corrected chi connectivity index (χ2v) is 2.42. The lowest BCUT2D eigenvalue weighted by atomic mass is 10.3. The van der Waals surface area contributed by atoms with E-state index in [4.69, 9.17) is 4.42 Å². The van der Waals surface area contributed by atoms with Crippen molar-refractivity contribution in [1.29, 1.82) is 0 Å². The van der Waals surface area contributed by atoms with Gasteiger partial charge in [-0.25, -0.2) is 0 Å². The van der Waals surface area contributed by atoms with Crippen molar-refractivity contribution in [2.45, 2.75) is 6.92 Å². The molecule has 1 heterocycles. The third kappa shape index (κ3) is 1.21. The van der Waals surface area contributed by atoms with Crippen molar-refractivity contribution < 1.29 is 9.21 Å². The molecule has 0 saturated carbocycles. The van der Waals surface area contributed by atoms with E-state index in [1.54, 1.807) is 13.0 Å². The van der Waals surface area contributed by atoms with E-state index in [1.807, 2.05) is 0 Å². The molecule has 0 aliphatic rings. The molecule has 1 rings (SSSR count). The second-order valence-electron chi connectivity index (χ2n) is 1.70. The van der Waals surface area contributed by atoms with E-state index in [-0.39, 0.29) is 0 Å². The summed E-state index contributed by atoms with van der Waals surface area (Å²) < 4.78 is 5.50. The van der Waals surface area contributed by atoms with Crippen LogP contribution in [-0.4, -0.2) is 6.29 Å². The number of aryl methyl sites for hydroxylation is 1. The first kappa shape index (κ1) is 6.55. The molecule has 9 heavy (non-hydrogen) atoms. The first-order valence-corrected chi connectivity index (χ1v) is 3.24. The number of halogens is 1. The smallest absolute Gasteiger partial charge is 0.179 e. The zero-order valence-corrected chi connectivity index (χ0v) is 6.44. The molecule has 0 N–H and O–H groups in total. The number of carbonyl (C=O) groups excluding carboxylic acids is 1. The molecule has 3 heteroatoms. The van der Waals surface area contributed by atoms with Gasteiger partial charge < -0.3 is 4.42 Å². The minimum absolute atomic E-state index is 0.509. The van der Waals surface area contributed by atoms with Crippen LogP contribution in [0.1, 0.15) is 16.1 Å². The van der Waals surface area contributed by atoms with E-state index in [2.05, 4.69) is 15.9 Å². The van der Waals surface area contributed by atoms with Gasteiger partial charge in [0.05, 0.1) is 5.56 Å². The molecule has 0 radical (unpaired) electrons. The Bertz CT molecular complexity index is 227. The highest BCUT2D eigenvalue weighted by molar-refractivity contribution is 9.10. The SMILES string of the molecule is Cc1cc(C=O)c(Br)o1. The maximum atomic E-state index is 10.2. The molecule has 0 spiro atoms. The average molecular weight is 189 g/mol. The van der Waals surface area contributed by atoms with Crippen molar-refractivity contribution in [3.63, 3.8) is 0 Å². The van der Waals surface area contributed by atoms with Crippen LogP contribution in [0.25, 0.3) is 0 Å². The van der Waals surface area contributed by atoms with Gasteiger partial charge in [-0.2, -0.15) is 0 Å². The largest absolute Gasteiger partial charge is 0.454 e. The van der Waals surface area contributed by atoms with Crippen LogP contribution in [0.15, 0.2) is 15.2 Å². The lowest BCUT2D eigenvalue weighted by molar-refractivity contribution is 0.112. The lowest BCUT2D eigenvalue weighted by Gasteiger charge is -1.77. The van der Waals surface area contributed by atoms with Gasteiger partial charge in [0.2, 0.25) is 0 Å². The van der Waals surface area contributed by atoms with Gasteiger partial charge in [0, 0.05) is 0 Å². The van der Waals surface area contributed by atoms with E-state index < -0.39 is 0 Å². The lowest BCUT2D eigenvalue weighted by Crippen LogP contribution is -1.70. The van der Waals surface area contributed by atoms with Crippen molar-refractivity contribution in [1.82, 2.24) is 0 Å². The Kier molecular flexibility index (Phi) is 1.71. The van der Waals surface area contributed by atoms with Crippen molar-refractivity contribution in [3.05, 3.63) is 22.1 Å². The standard InChI is InChI=1S/C6H5BrO2/c1-4-2-5(3-8)6(7)9-4/h2-3H,1H3. The number of furan rings is 1. The molecule has 0 aliphatic heterocycles. The highest BCUT2D eigenvalue weighted by Crippen LogP contribution is 2.18. The van der Waals surface area contributed by atoms with E-state index in [1.165, 1.54) is 0 Å². The molecule has 1 aromatic heterocycles. The van der Waals surface area contributed by atoms with Gasteiger partial charge in [-0.1, -0.05) is 0 Å². The summed E-state index contributed by atoms with van der Waals surface area (Å²) in [4.78, 5) is 10.2. The first-order valence-electron chi connectivity index (χ1n) is 2.45. The van der Waals surface area contributed by atoms with Crippen molar-refractivity contribution in [2.75, 3.05) is 0 Å². The van der Waals surface area contributed by atoms with Crippen LogP contribution in [0.4, 0.5) is 0 Å². The highest BCUT2D eigenvalue weighted by atomic mass is 79.9. The zero-order valence-electron chi connectivity index (χ0n) is 4.85. The maximum Gasteiger partial charge on any atom is 0.179 e. The summed E-state index contributed by atoms with van der Waals surface area (Å²) in [5.41, 5.74) is 0.563. The molecule has 48 valence electrons. The van der Waals surface area contributed by atoms with Gasteiger partial charge >= 0.3 is 0 Å². The number of hydrogen-bond acceptors (Lipinski definition) is 2. The van der Waals surface area contributed by atoms with Crippen LogP contribution in [0.3, 0.4) is 0 Å². The van der Waals surface area contributed by atoms with Crippen molar-refractivity contribution in [2.24, 2.45) is 0 Å². The maximum absolute atomic E-state index is 10.2. The van der Waals surface area contributed by atoms with E-state index in [0.29, 0.717) is 10.2 Å². The summed E-state index contributed by atoms with van der Waals surface area (Å²) in [5.74, 6) is 0.740. The number of rotatable bonds is 1. The van der Waals surface area contributed by atoms with Gasteiger partial charge in [0.1, 0.15) is 5.76 Å². The third-order valence-corrected chi connectivity index (χ3v) is 1.58. The molecule has 2 nitrogen and oxygen atoms in total. The molecular formula is C6H5BrO2. The Morgan fingerprint density at radius 3 is 2.67 bits per heavy atom. The monoisotopic (exact) mass is 188 g/mol. The van der Waals surface area contributed by atoms with E-state index >= 15 is 0 Å². The topological polar surface area (TPSA) is 30.2 Å². The fourth-order valence-electron chi connectivity index (χ4n) is 0.586. The molecule has 0 aliphatic carbocycles. The fraction of sp³-hybridized carbons (Fsp3) is 0.167. The van der Waals surface area contributed by atoms with Crippen LogP contribution in [0.2, 0.25) is 0 Å². The average Bonchev–Trinajstić information content (AvgIpc) is 2.10. The summed E-state index contributed by atoms with van der Waals surface area (Å²) >= 11 is 3.08. The quantitative estimate of drug-likeness (QED) is 0.633. The van der Waals surface area contributed by atoms with Gasteiger partial charge in [-0.05, 0) is 28.9 Å². The first-order chi connectivity index (χ1) is 4.24. The molecular weight excluding hydrogens is 184 g/mol. The van der Waals surface area contributed by atoms with Crippen LogP contribution in [0, 0.1) is 6.92 Å². The molecule has 0 unspecified atom stereocenters. The molecule has 0 fully saturated rings. The minimum Gasteiger partial charge on any atom is -0.454 e. The van der Waals surface area contributed by atoms with Gasteiger partial charge in [0.25, 0.3) is 0 Å². The Balaban J connectivity index is 3.15. The summed E-state index contributed by atoms with van der Waals surface area (Å²) in [6.45, 7) is 1.79. The van der Waals surface area contributed by atoms with E-state index in [9.17, 15) is 4.79 Å². The molecule has 0 bridgehead atoms.